The van der Waals surface area contributed by atoms with E-state index in [0.717, 1.165) is 25.3 Å². The molecule has 1 unspecified atom stereocenters. The molecule has 0 aliphatic carbocycles. The number of hydrogen-bond donors (Lipinski definition) is 1. The van der Waals surface area contributed by atoms with Crippen LogP contribution in [-0.4, -0.2) is 57.7 Å². The largest absolute Gasteiger partial charge is 0.395 e. The Bertz CT molecular complexity index is 524. The summed E-state index contributed by atoms with van der Waals surface area (Å²) in [5.41, 5.74) is 7.78. The quantitative estimate of drug-likeness (QED) is 0.817. The monoisotopic (exact) mass is 277 g/mol. The number of piperazine rings is 1. The highest BCUT2D eigenvalue weighted by atomic mass is 16.2. The molecular weight excluding hydrogens is 254 g/mol. The van der Waals surface area contributed by atoms with Crippen molar-refractivity contribution in [3.63, 3.8) is 0 Å². The molecule has 110 valence electrons. The van der Waals surface area contributed by atoms with Crippen LogP contribution in [0.5, 0.6) is 0 Å². The van der Waals surface area contributed by atoms with Gasteiger partial charge in [-0.05, 0) is 26.3 Å². The summed E-state index contributed by atoms with van der Waals surface area (Å²) in [6, 6.07) is 0.525. The van der Waals surface area contributed by atoms with E-state index in [2.05, 4.69) is 10.00 Å². The second-order valence-electron chi connectivity index (χ2n) is 5.91. The zero-order chi connectivity index (χ0) is 14.3. The second kappa shape index (κ2) is 5.09. The summed E-state index contributed by atoms with van der Waals surface area (Å²) < 4.78 is 1.61. The van der Waals surface area contributed by atoms with Crippen molar-refractivity contribution in [2.24, 2.45) is 7.05 Å². The maximum Gasteiger partial charge on any atom is 0.274 e. The van der Waals surface area contributed by atoms with Gasteiger partial charge in [-0.25, -0.2) is 0 Å². The normalized spacial score (nSPS) is 23.7. The lowest BCUT2D eigenvalue weighted by atomic mass is 9.99. The van der Waals surface area contributed by atoms with E-state index < -0.39 is 0 Å². The summed E-state index contributed by atoms with van der Waals surface area (Å²) in [6.45, 7) is 5.61. The Hall–Kier alpha value is -1.56. The Balaban J connectivity index is 1.77. The van der Waals surface area contributed by atoms with Crippen LogP contribution in [0.4, 0.5) is 5.69 Å². The Morgan fingerprint density at radius 2 is 2.10 bits per heavy atom. The number of piperidine rings is 1. The summed E-state index contributed by atoms with van der Waals surface area (Å²) >= 11 is 0. The lowest BCUT2D eigenvalue weighted by Gasteiger charge is -2.44. The second-order valence-corrected chi connectivity index (χ2v) is 5.91. The molecule has 2 fully saturated rings. The molecule has 3 rings (SSSR count). The first-order valence-electron chi connectivity index (χ1n) is 7.40. The number of fused-ring (bicyclic) bond motifs is 1. The molecule has 0 saturated carbocycles. The highest BCUT2D eigenvalue weighted by Crippen LogP contribution is 2.24. The first kappa shape index (κ1) is 13.4. The van der Waals surface area contributed by atoms with Gasteiger partial charge in [0.15, 0.2) is 0 Å². The third kappa shape index (κ3) is 2.18. The van der Waals surface area contributed by atoms with Gasteiger partial charge in [-0.15, -0.1) is 0 Å². The standard InChI is InChI=1S/C14H23N5O/c1-10-12(15)13(17(2)16-10)14(20)19-8-7-18-6-4-3-5-11(18)9-19/h11H,3-9,15H2,1-2H3. The zero-order valence-electron chi connectivity index (χ0n) is 12.3. The third-order valence-corrected chi connectivity index (χ3v) is 4.60. The summed E-state index contributed by atoms with van der Waals surface area (Å²) in [4.78, 5) is 17.2. The van der Waals surface area contributed by atoms with Crippen molar-refractivity contribution in [2.75, 3.05) is 31.9 Å². The van der Waals surface area contributed by atoms with Crippen LogP contribution in [0.15, 0.2) is 0 Å². The number of rotatable bonds is 1. The molecule has 2 N–H and O–H groups in total. The van der Waals surface area contributed by atoms with Gasteiger partial charge in [-0.1, -0.05) is 6.42 Å². The van der Waals surface area contributed by atoms with Crippen LogP contribution < -0.4 is 5.73 Å². The van der Waals surface area contributed by atoms with Crippen LogP contribution in [0.1, 0.15) is 35.4 Å². The van der Waals surface area contributed by atoms with Gasteiger partial charge in [-0.2, -0.15) is 5.10 Å². The van der Waals surface area contributed by atoms with Gasteiger partial charge in [0.1, 0.15) is 5.69 Å². The van der Waals surface area contributed by atoms with Crippen LogP contribution in [0.2, 0.25) is 0 Å². The van der Waals surface area contributed by atoms with Crippen molar-refractivity contribution in [1.29, 1.82) is 0 Å². The highest BCUT2D eigenvalue weighted by Gasteiger charge is 2.33. The van der Waals surface area contributed by atoms with Gasteiger partial charge in [-0.3, -0.25) is 14.4 Å². The molecule has 0 aromatic carbocycles. The molecule has 20 heavy (non-hydrogen) atoms. The van der Waals surface area contributed by atoms with Crippen molar-refractivity contribution in [2.45, 2.75) is 32.2 Å². The van der Waals surface area contributed by atoms with Crippen molar-refractivity contribution in [1.82, 2.24) is 19.6 Å². The molecule has 1 amide bonds. The molecule has 2 aliphatic heterocycles. The SMILES string of the molecule is Cc1nn(C)c(C(=O)N2CCN3CCCCC3C2)c1N. The lowest BCUT2D eigenvalue weighted by Crippen LogP contribution is -2.56. The Kier molecular flexibility index (Phi) is 3.41. The summed E-state index contributed by atoms with van der Waals surface area (Å²) in [5.74, 6) is 0.0239. The number of amides is 1. The summed E-state index contributed by atoms with van der Waals surface area (Å²) in [6.07, 6.45) is 3.76. The average Bonchev–Trinajstić information content (AvgIpc) is 2.71. The first-order chi connectivity index (χ1) is 9.58. The zero-order valence-corrected chi connectivity index (χ0v) is 12.3. The maximum atomic E-state index is 12.7. The van der Waals surface area contributed by atoms with E-state index in [1.165, 1.54) is 25.8 Å². The van der Waals surface area contributed by atoms with Crippen LogP contribution in [-0.2, 0) is 7.05 Å². The van der Waals surface area contributed by atoms with Crippen LogP contribution >= 0.6 is 0 Å². The highest BCUT2D eigenvalue weighted by molar-refractivity contribution is 5.98. The molecule has 3 heterocycles. The molecule has 1 aromatic heterocycles. The van der Waals surface area contributed by atoms with Gasteiger partial charge in [0.2, 0.25) is 0 Å². The number of aromatic nitrogens is 2. The van der Waals surface area contributed by atoms with Crippen molar-refractivity contribution in [3.05, 3.63) is 11.4 Å². The van der Waals surface area contributed by atoms with Gasteiger partial charge < -0.3 is 10.6 Å². The Labute approximate surface area is 119 Å². The Morgan fingerprint density at radius 1 is 1.30 bits per heavy atom. The molecule has 0 spiro atoms. The van der Waals surface area contributed by atoms with Gasteiger partial charge >= 0.3 is 0 Å². The molecule has 6 heteroatoms. The summed E-state index contributed by atoms with van der Waals surface area (Å²) in [5, 5.41) is 4.24. The molecule has 2 saturated heterocycles. The fourth-order valence-electron chi connectivity index (χ4n) is 3.42. The number of carbonyl (C=O) groups is 1. The van der Waals surface area contributed by atoms with E-state index in [0.29, 0.717) is 17.4 Å². The molecule has 1 aromatic rings. The topological polar surface area (TPSA) is 67.4 Å². The molecule has 0 radical (unpaired) electrons. The fourth-order valence-corrected chi connectivity index (χ4v) is 3.42. The number of carbonyl (C=O) groups excluding carboxylic acids is 1. The molecule has 0 bridgehead atoms. The maximum absolute atomic E-state index is 12.7. The molecule has 6 nitrogen and oxygen atoms in total. The lowest BCUT2D eigenvalue weighted by molar-refractivity contribution is 0.0365. The van der Waals surface area contributed by atoms with Gasteiger partial charge in [0.25, 0.3) is 5.91 Å². The third-order valence-electron chi connectivity index (χ3n) is 4.60. The predicted molar refractivity (Wildman–Crippen MR) is 77.5 cm³/mol. The first-order valence-corrected chi connectivity index (χ1v) is 7.40. The average molecular weight is 277 g/mol. The van der Waals surface area contributed by atoms with Crippen molar-refractivity contribution >= 4 is 11.6 Å². The van der Waals surface area contributed by atoms with Crippen LogP contribution in [0.3, 0.4) is 0 Å². The minimum atomic E-state index is 0.0239. The van der Waals surface area contributed by atoms with E-state index in [-0.39, 0.29) is 5.91 Å². The van der Waals surface area contributed by atoms with Crippen molar-refractivity contribution < 1.29 is 4.79 Å². The van der Waals surface area contributed by atoms with E-state index in [9.17, 15) is 4.79 Å². The van der Waals surface area contributed by atoms with Gasteiger partial charge in [0, 0.05) is 32.7 Å². The minimum Gasteiger partial charge on any atom is -0.395 e. The molecular formula is C14H23N5O. The number of nitrogens with two attached hydrogens (primary N) is 1. The number of anilines is 1. The van der Waals surface area contributed by atoms with E-state index in [4.69, 9.17) is 5.73 Å². The smallest absolute Gasteiger partial charge is 0.274 e. The Morgan fingerprint density at radius 3 is 2.80 bits per heavy atom. The van der Waals surface area contributed by atoms with Crippen molar-refractivity contribution in [3.8, 4) is 0 Å². The fraction of sp³-hybridized carbons (Fsp3) is 0.714. The number of nitrogens with zero attached hydrogens (tertiary/aromatic N) is 4. The minimum absolute atomic E-state index is 0.0239. The molecule has 1 atom stereocenters. The van der Waals surface area contributed by atoms with E-state index >= 15 is 0 Å². The van der Waals surface area contributed by atoms with Gasteiger partial charge in [0.05, 0.1) is 11.4 Å². The van der Waals surface area contributed by atoms with Crippen LogP contribution in [0.25, 0.3) is 0 Å². The number of hydrogen-bond acceptors (Lipinski definition) is 4. The number of nitrogen functional groups attached to an aromatic ring is 1. The summed E-state index contributed by atoms with van der Waals surface area (Å²) in [7, 11) is 1.79. The number of aryl methyl sites for hydroxylation is 2. The van der Waals surface area contributed by atoms with E-state index in [1.807, 2.05) is 11.8 Å². The molecule has 2 aliphatic rings. The van der Waals surface area contributed by atoms with Crippen LogP contribution in [0, 0.1) is 6.92 Å². The predicted octanol–water partition coefficient (Wildman–Crippen LogP) is 0.621. The van der Waals surface area contributed by atoms with E-state index in [1.54, 1.807) is 11.7 Å².